The maximum absolute atomic E-state index is 12.5. The molecule has 110 valence electrons. The average molecular weight is 364 g/mol. The van der Waals surface area contributed by atoms with Crippen molar-refractivity contribution < 1.29 is 23.1 Å². The highest BCUT2D eigenvalue weighted by molar-refractivity contribution is 9.10. The molecule has 1 fully saturated rings. The van der Waals surface area contributed by atoms with Crippen LogP contribution in [0, 0.1) is 0 Å². The predicted molar refractivity (Wildman–Crippen MR) is 75.3 cm³/mol. The van der Waals surface area contributed by atoms with Gasteiger partial charge in [-0.05, 0) is 40.5 Å². The molecule has 0 bridgehead atoms. The monoisotopic (exact) mass is 363 g/mol. The molecule has 6 nitrogen and oxygen atoms in total. The number of sulfonamides is 1. The summed E-state index contributed by atoms with van der Waals surface area (Å²) in [6, 6.07) is 3.95. The van der Waals surface area contributed by atoms with Gasteiger partial charge in [-0.25, -0.2) is 13.2 Å². The van der Waals surface area contributed by atoms with E-state index in [4.69, 9.17) is 9.84 Å². The molecule has 8 heteroatoms. The molecule has 1 saturated heterocycles. The second-order valence-corrected chi connectivity index (χ2v) is 7.22. The molecule has 1 aliphatic rings. The van der Waals surface area contributed by atoms with Crippen LogP contribution in [0.25, 0.3) is 0 Å². The van der Waals surface area contributed by atoms with Gasteiger partial charge in [0, 0.05) is 24.7 Å². The van der Waals surface area contributed by atoms with E-state index in [0.29, 0.717) is 17.4 Å². The zero-order valence-electron chi connectivity index (χ0n) is 10.7. The molecule has 0 spiro atoms. The van der Waals surface area contributed by atoms with Crippen LogP contribution in [0.1, 0.15) is 16.8 Å². The second-order valence-electron chi connectivity index (χ2n) is 4.46. The molecule has 0 radical (unpaired) electrons. The topological polar surface area (TPSA) is 83.9 Å². The molecular formula is C12H14BrNO5S. The Hall–Kier alpha value is -0.960. The van der Waals surface area contributed by atoms with Crippen molar-refractivity contribution in [2.24, 2.45) is 0 Å². The zero-order chi connectivity index (χ0) is 14.9. The number of aromatic carboxylic acids is 1. The van der Waals surface area contributed by atoms with Crippen molar-refractivity contribution in [2.45, 2.75) is 17.4 Å². The van der Waals surface area contributed by atoms with Gasteiger partial charge in [0.25, 0.3) is 0 Å². The van der Waals surface area contributed by atoms with Crippen molar-refractivity contribution in [1.82, 2.24) is 4.31 Å². The van der Waals surface area contributed by atoms with E-state index in [0.717, 1.165) is 0 Å². The van der Waals surface area contributed by atoms with Crippen LogP contribution in [0.5, 0.6) is 0 Å². The molecule has 0 amide bonds. The van der Waals surface area contributed by atoms with Crippen LogP contribution < -0.4 is 0 Å². The summed E-state index contributed by atoms with van der Waals surface area (Å²) < 4.78 is 31.9. The van der Waals surface area contributed by atoms with Crippen molar-refractivity contribution in [3.8, 4) is 0 Å². The van der Waals surface area contributed by atoms with Gasteiger partial charge in [0.05, 0.1) is 16.6 Å². The first-order chi connectivity index (χ1) is 9.36. The lowest BCUT2D eigenvalue weighted by atomic mass is 10.2. The number of halogens is 1. The van der Waals surface area contributed by atoms with Crippen molar-refractivity contribution >= 4 is 31.9 Å². The molecule has 1 aliphatic heterocycles. The minimum Gasteiger partial charge on any atom is -0.478 e. The van der Waals surface area contributed by atoms with Crippen molar-refractivity contribution in [1.29, 1.82) is 0 Å². The van der Waals surface area contributed by atoms with Gasteiger partial charge in [-0.15, -0.1) is 0 Å². The Morgan fingerprint density at radius 3 is 2.75 bits per heavy atom. The lowest BCUT2D eigenvalue weighted by Crippen LogP contribution is -2.30. The van der Waals surface area contributed by atoms with Gasteiger partial charge in [-0.3, -0.25) is 0 Å². The standard InChI is InChI=1S/C12H14BrNO5S/c1-19-9-4-5-14(7-9)20(17,18)11-6-8(12(15)16)2-3-10(11)13/h2-3,6,9H,4-5,7H2,1H3,(H,15,16). The molecular weight excluding hydrogens is 350 g/mol. The third kappa shape index (κ3) is 2.88. The number of hydrogen-bond acceptors (Lipinski definition) is 4. The van der Waals surface area contributed by atoms with E-state index >= 15 is 0 Å². The van der Waals surface area contributed by atoms with E-state index in [9.17, 15) is 13.2 Å². The van der Waals surface area contributed by atoms with E-state index in [1.807, 2.05) is 0 Å². The van der Waals surface area contributed by atoms with Crippen molar-refractivity contribution in [2.75, 3.05) is 20.2 Å². The van der Waals surface area contributed by atoms with Gasteiger partial charge >= 0.3 is 5.97 Å². The number of ether oxygens (including phenoxy) is 1. The van der Waals surface area contributed by atoms with Crippen molar-refractivity contribution in [3.05, 3.63) is 28.2 Å². The molecule has 1 aromatic carbocycles. The van der Waals surface area contributed by atoms with E-state index in [-0.39, 0.29) is 23.1 Å². The molecule has 2 rings (SSSR count). The molecule has 0 aliphatic carbocycles. The van der Waals surface area contributed by atoms with Gasteiger partial charge in [-0.2, -0.15) is 4.31 Å². The lowest BCUT2D eigenvalue weighted by molar-refractivity contribution is 0.0696. The van der Waals surface area contributed by atoms with Gasteiger partial charge in [0.1, 0.15) is 0 Å². The average Bonchev–Trinajstić information content (AvgIpc) is 2.88. The Bertz CT molecular complexity index is 631. The minimum absolute atomic E-state index is 0.0332. The Balaban J connectivity index is 2.39. The van der Waals surface area contributed by atoms with Crippen LogP contribution in [-0.4, -0.2) is 50.1 Å². The molecule has 20 heavy (non-hydrogen) atoms. The molecule has 0 saturated carbocycles. The third-order valence-corrected chi connectivity index (χ3v) is 6.10. The minimum atomic E-state index is -3.73. The summed E-state index contributed by atoms with van der Waals surface area (Å²) in [5.41, 5.74) is -0.0609. The number of carbonyl (C=O) groups is 1. The smallest absolute Gasteiger partial charge is 0.335 e. The van der Waals surface area contributed by atoms with E-state index in [1.165, 1.54) is 22.5 Å². The maximum atomic E-state index is 12.5. The fourth-order valence-corrected chi connectivity index (χ4v) is 4.52. The lowest BCUT2D eigenvalue weighted by Gasteiger charge is -2.17. The Morgan fingerprint density at radius 2 is 2.20 bits per heavy atom. The summed E-state index contributed by atoms with van der Waals surface area (Å²) in [5, 5.41) is 8.97. The number of hydrogen-bond donors (Lipinski definition) is 1. The third-order valence-electron chi connectivity index (χ3n) is 3.24. The van der Waals surface area contributed by atoms with Crippen LogP contribution in [-0.2, 0) is 14.8 Å². The van der Waals surface area contributed by atoms with Crippen LogP contribution in [0.15, 0.2) is 27.6 Å². The first kappa shape index (κ1) is 15.4. The Kier molecular flexibility index (Phi) is 4.48. The van der Waals surface area contributed by atoms with Crippen LogP contribution >= 0.6 is 15.9 Å². The van der Waals surface area contributed by atoms with Gasteiger partial charge in [0.2, 0.25) is 10.0 Å². The van der Waals surface area contributed by atoms with E-state index in [1.54, 1.807) is 7.11 Å². The molecule has 1 atom stereocenters. The van der Waals surface area contributed by atoms with Crippen LogP contribution in [0.3, 0.4) is 0 Å². The number of benzene rings is 1. The molecule has 1 N–H and O–H groups in total. The summed E-state index contributed by atoms with van der Waals surface area (Å²) in [4.78, 5) is 10.9. The predicted octanol–water partition coefficient (Wildman–Crippen LogP) is 1.56. The van der Waals surface area contributed by atoms with Gasteiger partial charge in [-0.1, -0.05) is 0 Å². The number of nitrogens with zero attached hydrogens (tertiary/aromatic N) is 1. The summed E-state index contributed by atoms with van der Waals surface area (Å²) in [7, 11) is -2.18. The SMILES string of the molecule is COC1CCN(S(=O)(=O)c2cc(C(=O)O)ccc2Br)C1. The molecule has 1 unspecified atom stereocenters. The van der Waals surface area contributed by atoms with Crippen LogP contribution in [0.4, 0.5) is 0 Å². The normalized spacial score (nSPS) is 20.2. The fraction of sp³-hybridized carbons (Fsp3) is 0.417. The Morgan fingerprint density at radius 1 is 1.50 bits per heavy atom. The summed E-state index contributed by atoms with van der Waals surface area (Å²) in [6.07, 6.45) is 0.512. The largest absolute Gasteiger partial charge is 0.478 e. The highest BCUT2D eigenvalue weighted by Gasteiger charge is 2.34. The maximum Gasteiger partial charge on any atom is 0.335 e. The van der Waals surface area contributed by atoms with E-state index in [2.05, 4.69) is 15.9 Å². The summed E-state index contributed by atoms with van der Waals surface area (Å²) >= 11 is 3.16. The quantitative estimate of drug-likeness (QED) is 0.877. The molecule has 1 aromatic rings. The number of methoxy groups -OCH3 is 1. The van der Waals surface area contributed by atoms with Crippen LogP contribution in [0.2, 0.25) is 0 Å². The molecule has 1 heterocycles. The first-order valence-electron chi connectivity index (χ1n) is 5.92. The zero-order valence-corrected chi connectivity index (χ0v) is 13.1. The van der Waals surface area contributed by atoms with Gasteiger partial charge in [0.15, 0.2) is 0 Å². The number of carboxylic acid groups (broad SMARTS) is 1. The first-order valence-corrected chi connectivity index (χ1v) is 8.15. The number of carboxylic acids is 1. The fourth-order valence-electron chi connectivity index (χ4n) is 2.08. The summed E-state index contributed by atoms with van der Waals surface area (Å²) in [5.74, 6) is -1.16. The highest BCUT2D eigenvalue weighted by atomic mass is 79.9. The highest BCUT2D eigenvalue weighted by Crippen LogP contribution is 2.29. The number of rotatable bonds is 4. The summed E-state index contributed by atoms with van der Waals surface area (Å²) in [6.45, 7) is 0.646. The van der Waals surface area contributed by atoms with Crippen molar-refractivity contribution in [3.63, 3.8) is 0 Å². The van der Waals surface area contributed by atoms with E-state index < -0.39 is 16.0 Å². The Labute approximate surface area is 125 Å². The van der Waals surface area contributed by atoms with Gasteiger partial charge < -0.3 is 9.84 Å². The second kappa shape index (κ2) is 5.80. The molecule has 0 aromatic heterocycles.